The summed E-state index contributed by atoms with van der Waals surface area (Å²) >= 11 is 0. The highest BCUT2D eigenvalue weighted by molar-refractivity contribution is 5.78. The second-order valence-corrected chi connectivity index (χ2v) is 3.53. The number of aromatic nitrogens is 1. The highest BCUT2D eigenvalue weighted by atomic mass is 16.5. The molecule has 17 heavy (non-hydrogen) atoms. The second kappa shape index (κ2) is 7.38. The number of rotatable bonds is 7. The minimum absolute atomic E-state index is 0.335. The summed E-state index contributed by atoms with van der Waals surface area (Å²) in [6.07, 6.45) is 3.23. The van der Waals surface area contributed by atoms with E-state index < -0.39 is 12.0 Å². The lowest BCUT2D eigenvalue weighted by Gasteiger charge is -2.14. The van der Waals surface area contributed by atoms with Crippen molar-refractivity contribution < 1.29 is 14.3 Å². The van der Waals surface area contributed by atoms with E-state index in [1.54, 1.807) is 18.3 Å². The SMILES string of the molecule is CCCOC(=O)C(Cc1ccccn1)NC=O. The van der Waals surface area contributed by atoms with E-state index in [0.29, 0.717) is 19.4 Å². The smallest absolute Gasteiger partial charge is 0.329 e. The summed E-state index contributed by atoms with van der Waals surface area (Å²) in [6.45, 7) is 2.27. The van der Waals surface area contributed by atoms with E-state index in [1.807, 2.05) is 13.0 Å². The maximum Gasteiger partial charge on any atom is 0.329 e. The van der Waals surface area contributed by atoms with Gasteiger partial charge in [0.05, 0.1) is 6.61 Å². The van der Waals surface area contributed by atoms with Crippen LogP contribution in [0.3, 0.4) is 0 Å². The predicted octanol–water partition coefficient (Wildman–Crippen LogP) is 0.692. The van der Waals surface area contributed by atoms with Crippen molar-refractivity contribution in [3.63, 3.8) is 0 Å². The van der Waals surface area contributed by atoms with E-state index in [9.17, 15) is 9.59 Å². The lowest BCUT2D eigenvalue weighted by atomic mass is 10.1. The zero-order chi connectivity index (χ0) is 12.5. The molecule has 1 heterocycles. The quantitative estimate of drug-likeness (QED) is 0.558. The first-order valence-corrected chi connectivity index (χ1v) is 5.54. The van der Waals surface area contributed by atoms with Gasteiger partial charge in [-0.3, -0.25) is 9.78 Å². The molecule has 0 aliphatic heterocycles. The number of ether oxygens (including phenoxy) is 1. The van der Waals surface area contributed by atoms with Crippen LogP contribution in [0.1, 0.15) is 19.0 Å². The Balaban J connectivity index is 2.59. The normalized spacial score (nSPS) is 11.6. The lowest BCUT2D eigenvalue weighted by Crippen LogP contribution is -2.39. The monoisotopic (exact) mass is 236 g/mol. The molecule has 1 unspecified atom stereocenters. The van der Waals surface area contributed by atoms with Crippen molar-refractivity contribution >= 4 is 12.4 Å². The summed E-state index contributed by atoms with van der Waals surface area (Å²) < 4.78 is 4.99. The van der Waals surface area contributed by atoms with E-state index in [0.717, 1.165) is 12.1 Å². The number of amides is 1. The van der Waals surface area contributed by atoms with Crippen molar-refractivity contribution in [2.75, 3.05) is 6.61 Å². The van der Waals surface area contributed by atoms with Crippen LogP contribution in [0.2, 0.25) is 0 Å². The predicted molar refractivity (Wildman–Crippen MR) is 62.2 cm³/mol. The summed E-state index contributed by atoms with van der Waals surface area (Å²) in [5, 5.41) is 2.44. The Hall–Kier alpha value is -1.91. The first kappa shape index (κ1) is 13.2. The van der Waals surface area contributed by atoms with Gasteiger partial charge in [-0.2, -0.15) is 0 Å². The van der Waals surface area contributed by atoms with Crippen LogP contribution in [0.25, 0.3) is 0 Å². The molecule has 0 radical (unpaired) electrons. The lowest BCUT2D eigenvalue weighted by molar-refractivity contribution is -0.147. The molecule has 1 aromatic heterocycles. The molecular weight excluding hydrogens is 220 g/mol. The molecule has 92 valence electrons. The summed E-state index contributed by atoms with van der Waals surface area (Å²) in [5.41, 5.74) is 0.736. The Kier molecular flexibility index (Phi) is 5.71. The molecule has 5 heteroatoms. The maximum absolute atomic E-state index is 11.6. The maximum atomic E-state index is 11.6. The fraction of sp³-hybridized carbons (Fsp3) is 0.417. The van der Waals surface area contributed by atoms with Gasteiger partial charge in [0.1, 0.15) is 6.04 Å². The largest absolute Gasteiger partial charge is 0.464 e. The minimum atomic E-state index is -0.672. The van der Waals surface area contributed by atoms with Crippen molar-refractivity contribution in [1.82, 2.24) is 10.3 Å². The Morgan fingerprint density at radius 2 is 2.41 bits per heavy atom. The summed E-state index contributed by atoms with van der Waals surface area (Å²) in [6, 6.07) is 4.75. The van der Waals surface area contributed by atoms with E-state index in [2.05, 4.69) is 10.3 Å². The number of pyridine rings is 1. The molecule has 1 rings (SSSR count). The molecule has 0 aromatic carbocycles. The van der Waals surface area contributed by atoms with E-state index >= 15 is 0 Å². The van der Waals surface area contributed by atoms with E-state index in [4.69, 9.17) is 4.74 Å². The van der Waals surface area contributed by atoms with Gasteiger partial charge in [-0.1, -0.05) is 13.0 Å². The van der Waals surface area contributed by atoms with Crippen LogP contribution in [0.15, 0.2) is 24.4 Å². The van der Waals surface area contributed by atoms with Gasteiger partial charge in [-0.05, 0) is 18.6 Å². The number of carbonyl (C=O) groups is 2. The van der Waals surface area contributed by atoms with E-state index in [-0.39, 0.29) is 0 Å². The first-order valence-electron chi connectivity index (χ1n) is 5.54. The molecular formula is C12H16N2O3. The molecule has 0 bridgehead atoms. The van der Waals surface area contributed by atoms with Crippen LogP contribution in [-0.4, -0.2) is 30.0 Å². The number of nitrogens with one attached hydrogen (secondary N) is 1. The molecule has 0 saturated carbocycles. The van der Waals surface area contributed by atoms with Crippen LogP contribution in [0, 0.1) is 0 Å². The summed E-state index contributed by atoms with van der Waals surface area (Å²) in [5.74, 6) is -0.426. The van der Waals surface area contributed by atoms with Crippen LogP contribution < -0.4 is 5.32 Å². The van der Waals surface area contributed by atoms with Gasteiger partial charge in [0, 0.05) is 18.3 Å². The van der Waals surface area contributed by atoms with Gasteiger partial charge in [0.25, 0.3) is 0 Å². The average molecular weight is 236 g/mol. The Bertz CT molecular complexity index is 354. The summed E-state index contributed by atoms with van der Waals surface area (Å²) in [4.78, 5) is 26.2. The molecule has 1 aromatic rings. The molecule has 0 aliphatic carbocycles. The second-order valence-electron chi connectivity index (χ2n) is 3.53. The van der Waals surface area contributed by atoms with Crippen LogP contribution in [-0.2, 0) is 20.7 Å². The molecule has 1 atom stereocenters. The fourth-order valence-corrected chi connectivity index (χ4v) is 1.32. The molecule has 1 N–H and O–H groups in total. The topological polar surface area (TPSA) is 68.3 Å². The highest BCUT2D eigenvalue weighted by Gasteiger charge is 2.19. The fourth-order valence-electron chi connectivity index (χ4n) is 1.32. The first-order chi connectivity index (χ1) is 8.27. The standard InChI is InChI=1S/C12H16N2O3/c1-2-7-17-12(16)11(14-9-15)8-10-5-3-4-6-13-10/h3-6,9,11H,2,7-8H2,1H3,(H,14,15). The average Bonchev–Trinajstić information content (AvgIpc) is 2.36. The number of nitrogens with zero attached hydrogens (tertiary/aromatic N) is 1. The van der Waals surface area contributed by atoms with Crippen molar-refractivity contribution in [1.29, 1.82) is 0 Å². The van der Waals surface area contributed by atoms with Crippen molar-refractivity contribution in [3.8, 4) is 0 Å². The van der Waals surface area contributed by atoms with Crippen molar-refractivity contribution in [2.45, 2.75) is 25.8 Å². The van der Waals surface area contributed by atoms with Crippen LogP contribution >= 0.6 is 0 Å². The van der Waals surface area contributed by atoms with Gasteiger partial charge in [-0.15, -0.1) is 0 Å². The van der Waals surface area contributed by atoms with Gasteiger partial charge in [0.15, 0.2) is 0 Å². The van der Waals surface area contributed by atoms with Crippen molar-refractivity contribution in [2.24, 2.45) is 0 Å². The number of hydrogen-bond donors (Lipinski definition) is 1. The van der Waals surface area contributed by atoms with Gasteiger partial charge in [0.2, 0.25) is 6.41 Å². The number of esters is 1. The van der Waals surface area contributed by atoms with Gasteiger partial charge in [-0.25, -0.2) is 4.79 Å². The highest BCUT2D eigenvalue weighted by Crippen LogP contribution is 2.01. The zero-order valence-electron chi connectivity index (χ0n) is 9.76. The third kappa shape index (κ3) is 4.63. The van der Waals surface area contributed by atoms with Crippen LogP contribution in [0.4, 0.5) is 0 Å². The Morgan fingerprint density at radius 3 is 3.00 bits per heavy atom. The molecule has 1 amide bonds. The number of hydrogen-bond acceptors (Lipinski definition) is 4. The van der Waals surface area contributed by atoms with Crippen molar-refractivity contribution in [3.05, 3.63) is 30.1 Å². The third-order valence-corrected chi connectivity index (χ3v) is 2.14. The Morgan fingerprint density at radius 1 is 1.59 bits per heavy atom. The van der Waals surface area contributed by atoms with Gasteiger partial charge >= 0.3 is 5.97 Å². The zero-order valence-corrected chi connectivity index (χ0v) is 9.76. The van der Waals surface area contributed by atoms with Crippen LogP contribution in [0.5, 0.6) is 0 Å². The molecule has 0 spiro atoms. The molecule has 0 aliphatic rings. The van der Waals surface area contributed by atoms with Gasteiger partial charge < -0.3 is 10.1 Å². The minimum Gasteiger partial charge on any atom is -0.464 e. The van der Waals surface area contributed by atoms with E-state index in [1.165, 1.54) is 0 Å². The molecule has 5 nitrogen and oxygen atoms in total. The molecule has 0 fully saturated rings. The summed E-state index contributed by atoms with van der Waals surface area (Å²) in [7, 11) is 0. The number of carbonyl (C=O) groups excluding carboxylic acids is 2. The Labute approximate surface area is 100 Å². The molecule has 0 saturated heterocycles. The third-order valence-electron chi connectivity index (χ3n) is 2.14.